The van der Waals surface area contributed by atoms with Crippen LogP contribution in [-0.4, -0.2) is 11.8 Å². The normalized spacial score (nSPS) is 10.6. The molecule has 0 aliphatic heterocycles. The highest BCUT2D eigenvalue weighted by Crippen LogP contribution is 2.25. The minimum Gasteiger partial charge on any atom is -0.451 e. The molecule has 0 radical (unpaired) electrons. The maximum atomic E-state index is 13.5. The number of carbonyl (C=O) groups excluding carboxylic acids is 2. The molecule has 1 heterocycles. The van der Waals surface area contributed by atoms with Gasteiger partial charge in [0.2, 0.25) is 0 Å². The molecule has 0 atom stereocenters. The molecule has 1 aromatic heterocycles. The first-order valence-electron chi connectivity index (χ1n) is 7.01. The standard InChI is InChI=1S/C17H12F2N2O3/c1-9-12-8-10(18)6-7-14(12)24-15(9)17(23)21-20-16(22)11-4-2-3-5-13(11)19/h2-8H,1H3,(H,20,22)(H,21,23). The molecule has 5 nitrogen and oxygen atoms in total. The van der Waals surface area contributed by atoms with E-state index >= 15 is 0 Å². The fraction of sp³-hybridized carbons (Fsp3) is 0.0588. The highest BCUT2D eigenvalue weighted by molar-refractivity contribution is 6.01. The van der Waals surface area contributed by atoms with Gasteiger partial charge in [-0.3, -0.25) is 20.4 Å². The fourth-order valence-electron chi connectivity index (χ4n) is 2.29. The van der Waals surface area contributed by atoms with E-state index in [9.17, 15) is 18.4 Å². The molecule has 2 aromatic carbocycles. The Balaban J connectivity index is 1.77. The second kappa shape index (κ2) is 6.11. The number of amides is 2. The van der Waals surface area contributed by atoms with E-state index in [-0.39, 0.29) is 11.3 Å². The molecule has 7 heteroatoms. The zero-order valence-electron chi connectivity index (χ0n) is 12.5. The summed E-state index contributed by atoms with van der Waals surface area (Å²) in [5.41, 5.74) is 4.83. The van der Waals surface area contributed by atoms with E-state index in [1.807, 2.05) is 0 Å². The lowest BCUT2D eigenvalue weighted by Crippen LogP contribution is -2.42. The van der Waals surface area contributed by atoms with Crippen LogP contribution in [0.15, 0.2) is 46.9 Å². The molecule has 0 aliphatic rings. The first-order chi connectivity index (χ1) is 11.5. The van der Waals surface area contributed by atoms with E-state index in [0.717, 1.165) is 6.07 Å². The number of benzene rings is 2. The summed E-state index contributed by atoms with van der Waals surface area (Å²) < 4.78 is 32.1. The van der Waals surface area contributed by atoms with Gasteiger partial charge in [0.15, 0.2) is 5.76 Å². The quantitative estimate of drug-likeness (QED) is 0.709. The molecule has 0 aliphatic carbocycles. The molecule has 122 valence electrons. The predicted octanol–water partition coefficient (Wildman–Crippen LogP) is 3.09. The first-order valence-corrected chi connectivity index (χ1v) is 7.01. The average Bonchev–Trinajstić information content (AvgIpc) is 2.89. The summed E-state index contributed by atoms with van der Waals surface area (Å²) in [5.74, 6) is -2.76. The molecule has 0 unspecified atom stereocenters. The van der Waals surface area contributed by atoms with Gasteiger partial charge in [0, 0.05) is 10.9 Å². The van der Waals surface area contributed by atoms with Gasteiger partial charge in [0.25, 0.3) is 5.91 Å². The van der Waals surface area contributed by atoms with E-state index < -0.39 is 23.4 Å². The van der Waals surface area contributed by atoms with Gasteiger partial charge in [-0.05, 0) is 37.3 Å². The smallest absolute Gasteiger partial charge is 0.305 e. The molecular formula is C17H12F2N2O3. The van der Waals surface area contributed by atoms with E-state index in [0.29, 0.717) is 16.5 Å². The van der Waals surface area contributed by atoms with Crippen LogP contribution in [0.25, 0.3) is 11.0 Å². The van der Waals surface area contributed by atoms with E-state index in [1.54, 1.807) is 6.92 Å². The second-order valence-electron chi connectivity index (χ2n) is 5.08. The SMILES string of the molecule is Cc1c(C(=O)NNC(=O)c2ccccc2F)oc2ccc(F)cc12. The van der Waals surface area contributed by atoms with Crippen LogP contribution in [0.5, 0.6) is 0 Å². The van der Waals surface area contributed by atoms with Crippen molar-refractivity contribution in [1.82, 2.24) is 10.9 Å². The van der Waals surface area contributed by atoms with Gasteiger partial charge < -0.3 is 4.42 Å². The molecular weight excluding hydrogens is 318 g/mol. The van der Waals surface area contributed by atoms with Gasteiger partial charge in [-0.15, -0.1) is 0 Å². The van der Waals surface area contributed by atoms with Crippen LogP contribution >= 0.6 is 0 Å². The summed E-state index contributed by atoms with van der Waals surface area (Å²) >= 11 is 0. The van der Waals surface area contributed by atoms with Gasteiger partial charge in [-0.2, -0.15) is 0 Å². The van der Waals surface area contributed by atoms with Gasteiger partial charge in [0.1, 0.15) is 17.2 Å². The van der Waals surface area contributed by atoms with Crippen LogP contribution < -0.4 is 10.9 Å². The van der Waals surface area contributed by atoms with E-state index in [2.05, 4.69) is 10.9 Å². The Labute approximate surface area is 135 Å². The number of aryl methyl sites for hydroxylation is 1. The third kappa shape index (κ3) is 2.83. The Morgan fingerprint density at radius 3 is 2.46 bits per heavy atom. The molecule has 0 saturated heterocycles. The predicted molar refractivity (Wildman–Crippen MR) is 82.2 cm³/mol. The number of hydrazine groups is 1. The monoisotopic (exact) mass is 330 g/mol. The summed E-state index contributed by atoms with van der Waals surface area (Å²) in [6, 6.07) is 9.24. The molecule has 24 heavy (non-hydrogen) atoms. The van der Waals surface area contributed by atoms with Crippen LogP contribution in [0, 0.1) is 18.6 Å². The number of hydrogen-bond acceptors (Lipinski definition) is 3. The number of rotatable bonds is 2. The van der Waals surface area contributed by atoms with Crippen molar-refractivity contribution in [1.29, 1.82) is 0 Å². The minimum atomic E-state index is -0.804. The van der Waals surface area contributed by atoms with Crippen LogP contribution in [0.4, 0.5) is 8.78 Å². The van der Waals surface area contributed by atoms with Crippen molar-refractivity contribution < 1.29 is 22.8 Å². The maximum absolute atomic E-state index is 13.5. The maximum Gasteiger partial charge on any atom is 0.305 e. The van der Waals surface area contributed by atoms with Crippen LogP contribution in [0.3, 0.4) is 0 Å². The van der Waals surface area contributed by atoms with Gasteiger partial charge in [-0.25, -0.2) is 8.78 Å². The van der Waals surface area contributed by atoms with Crippen LogP contribution in [0.2, 0.25) is 0 Å². The Bertz CT molecular complexity index is 950. The number of furan rings is 1. The number of halogens is 2. The van der Waals surface area contributed by atoms with Crippen molar-refractivity contribution in [2.45, 2.75) is 6.92 Å². The van der Waals surface area contributed by atoms with Gasteiger partial charge in [0.05, 0.1) is 5.56 Å². The molecule has 2 amide bonds. The number of hydrogen-bond donors (Lipinski definition) is 2. The van der Waals surface area contributed by atoms with Gasteiger partial charge in [-0.1, -0.05) is 12.1 Å². The molecule has 3 rings (SSSR count). The molecule has 2 N–H and O–H groups in total. The van der Waals surface area contributed by atoms with Crippen molar-refractivity contribution in [3.63, 3.8) is 0 Å². The zero-order valence-corrected chi connectivity index (χ0v) is 12.5. The lowest BCUT2D eigenvalue weighted by atomic mass is 10.1. The molecule has 0 bridgehead atoms. The second-order valence-corrected chi connectivity index (χ2v) is 5.08. The van der Waals surface area contributed by atoms with Crippen LogP contribution in [0.1, 0.15) is 26.5 Å². The number of carbonyl (C=O) groups is 2. The minimum absolute atomic E-state index is 0.0653. The highest BCUT2D eigenvalue weighted by Gasteiger charge is 2.19. The Hall–Kier alpha value is -3.22. The summed E-state index contributed by atoms with van der Waals surface area (Å²) in [5, 5.41) is 0.459. The average molecular weight is 330 g/mol. The molecule has 0 spiro atoms. The molecule has 0 saturated carbocycles. The molecule has 3 aromatic rings. The van der Waals surface area contributed by atoms with Crippen molar-refractivity contribution in [3.8, 4) is 0 Å². The Kier molecular flexibility index (Phi) is 3.99. The zero-order chi connectivity index (χ0) is 17.3. The lowest BCUT2D eigenvalue weighted by Gasteiger charge is -2.07. The summed E-state index contributed by atoms with van der Waals surface area (Å²) in [7, 11) is 0. The Morgan fingerprint density at radius 2 is 1.71 bits per heavy atom. The van der Waals surface area contributed by atoms with E-state index in [1.165, 1.54) is 36.4 Å². The molecule has 0 fully saturated rings. The number of nitrogens with one attached hydrogen (secondary N) is 2. The fourth-order valence-corrected chi connectivity index (χ4v) is 2.29. The largest absolute Gasteiger partial charge is 0.451 e. The first kappa shape index (κ1) is 15.7. The number of fused-ring (bicyclic) bond motifs is 1. The van der Waals surface area contributed by atoms with Crippen molar-refractivity contribution in [3.05, 3.63) is 71.0 Å². The topological polar surface area (TPSA) is 71.3 Å². The van der Waals surface area contributed by atoms with E-state index in [4.69, 9.17) is 4.42 Å². The summed E-state index contributed by atoms with van der Waals surface area (Å²) in [4.78, 5) is 24.0. The van der Waals surface area contributed by atoms with Crippen molar-refractivity contribution >= 4 is 22.8 Å². The lowest BCUT2D eigenvalue weighted by molar-refractivity contribution is 0.0829. The van der Waals surface area contributed by atoms with Crippen molar-refractivity contribution in [2.75, 3.05) is 0 Å². The third-order valence-corrected chi connectivity index (χ3v) is 3.51. The van der Waals surface area contributed by atoms with Gasteiger partial charge >= 0.3 is 5.91 Å². The third-order valence-electron chi connectivity index (χ3n) is 3.51. The van der Waals surface area contributed by atoms with Crippen molar-refractivity contribution in [2.24, 2.45) is 0 Å². The Morgan fingerprint density at radius 1 is 1.00 bits per heavy atom. The van der Waals surface area contributed by atoms with Crippen LogP contribution in [-0.2, 0) is 0 Å². The summed E-state index contributed by atoms with van der Waals surface area (Å²) in [6.07, 6.45) is 0. The highest BCUT2D eigenvalue weighted by atomic mass is 19.1. The summed E-state index contributed by atoms with van der Waals surface area (Å²) in [6.45, 7) is 1.60.